The van der Waals surface area contributed by atoms with Gasteiger partial charge in [0, 0.05) is 25.3 Å². The molecule has 0 heterocycles. The van der Waals surface area contributed by atoms with Gasteiger partial charge in [-0.3, -0.25) is 0 Å². The zero-order valence-electron chi connectivity index (χ0n) is 12.4. The molecule has 0 spiro atoms. The van der Waals surface area contributed by atoms with Crippen LogP contribution in [0, 0.1) is 0 Å². The Morgan fingerprint density at radius 2 is 1.55 bits per heavy atom. The minimum absolute atomic E-state index is 0.552. The van der Waals surface area contributed by atoms with Gasteiger partial charge in [0.05, 0.1) is 0 Å². The van der Waals surface area contributed by atoms with E-state index in [1.807, 2.05) is 6.07 Å². The molecular weight excluding hydrogens is 244 g/mol. The molecule has 2 heteroatoms. The SMILES string of the molecule is CC(C)c1ccccc1NCCNCc1ccccc1. The molecule has 2 rings (SSSR count). The molecule has 2 aromatic rings. The van der Waals surface area contributed by atoms with Gasteiger partial charge in [0.1, 0.15) is 0 Å². The summed E-state index contributed by atoms with van der Waals surface area (Å²) >= 11 is 0. The van der Waals surface area contributed by atoms with Crippen molar-refractivity contribution in [3.63, 3.8) is 0 Å². The molecule has 20 heavy (non-hydrogen) atoms. The standard InChI is InChI=1S/C18H24N2/c1-15(2)17-10-6-7-11-18(17)20-13-12-19-14-16-8-4-3-5-9-16/h3-11,15,19-20H,12-14H2,1-2H3. The number of para-hydroxylation sites is 1. The van der Waals surface area contributed by atoms with Crippen LogP contribution in [0.1, 0.15) is 30.9 Å². The number of rotatable bonds is 7. The first-order valence-corrected chi connectivity index (χ1v) is 7.35. The van der Waals surface area contributed by atoms with Crippen molar-refractivity contribution >= 4 is 5.69 Å². The van der Waals surface area contributed by atoms with E-state index in [9.17, 15) is 0 Å². The Morgan fingerprint density at radius 3 is 2.30 bits per heavy atom. The molecule has 2 aromatic carbocycles. The first kappa shape index (κ1) is 14.6. The number of hydrogen-bond acceptors (Lipinski definition) is 2. The van der Waals surface area contributed by atoms with Gasteiger partial charge in [-0.15, -0.1) is 0 Å². The lowest BCUT2D eigenvalue weighted by Crippen LogP contribution is -2.22. The largest absolute Gasteiger partial charge is 0.384 e. The lowest BCUT2D eigenvalue weighted by molar-refractivity contribution is 0.706. The summed E-state index contributed by atoms with van der Waals surface area (Å²) in [5.41, 5.74) is 3.97. The van der Waals surface area contributed by atoms with Gasteiger partial charge in [-0.05, 0) is 23.1 Å². The van der Waals surface area contributed by atoms with Crippen LogP contribution in [-0.2, 0) is 6.54 Å². The monoisotopic (exact) mass is 268 g/mol. The topological polar surface area (TPSA) is 24.1 Å². The molecule has 0 aliphatic carbocycles. The van der Waals surface area contributed by atoms with Crippen LogP contribution >= 0.6 is 0 Å². The van der Waals surface area contributed by atoms with E-state index in [1.54, 1.807) is 0 Å². The van der Waals surface area contributed by atoms with Crippen molar-refractivity contribution in [2.75, 3.05) is 18.4 Å². The molecule has 0 aliphatic rings. The number of hydrogen-bond donors (Lipinski definition) is 2. The fraction of sp³-hybridized carbons (Fsp3) is 0.333. The molecule has 0 amide bonds. The van der Waals surface area contributed by atoms with Crippen LogP contribution in [0.15, 0.2) is 54.6 Å². The fourth-order valence-corrected chi connectivity index (χ4v) is 2.28. The Bertz CT molecular complexity index is 506. The van der Waals surface area contributed by atoms with E-state index in [2.05, 4.69) is 73.0 Å². The summed E-state index contributed by atoms with van der Waals surface area (Å²) in [6, 6.07) is 19.1. The highest BCUT2D eigenvalue weighted by Gasteiger charge is 2.04. The van der Waals surface area contributed by atoms with Crippen LogP contribution < -0.4 is 10.6 Å². The summed E-state index contributed by atoms with van der Waals surface area (Å²) < 4.78 is 0. The van der Waals surface area contributed by atoms with Crippen LogP contribution in [-0.4, -0.2) is 13.1 Å². The van der Waals surface area contributed by atoms with Crippen molar-refractivity contribution in [2.24, 2.45) is 0 Å². The van der Waals surface area contributed by atoms with E-state index in [-0.39, 0.29) is 0 Å². The molecule has 2 N–H and O–H groups in total. The first-order chi connectivity index (χ1) is 9.77. The zero-order valence-corrected chi connectivity index (χ0v) is 12.4. The Morgan fingerprint density at radius 1 is 0.850 bits per heavy atom. The normalized spacial score (nSPS) is 10.8. The molecule has 0 aliphatic heterocycles. The van der Waals surface area contributed by atoms with Crippen LogP contribution in [0.3, 0.4) is 0 Å². The Hall–Kier alpha value is -1.80. The van der Waals surface area contributed by atoms with Crippen molar-refractivity contribution < 1.29 is 0 Å². The van der Waals surface area contributed by atoms with Crippen molar-refractivity contribution in [1.82, 2.24) is 5.32 Å². The quantitative estimate of drug-likeness (QED) is 0.741. The predicted molar refractivity (Wildman–Crippen MR) is 87.2 cm³/mol. The highest BCUT2D eigenvalue weighted by atomic mass is 14.9. The average Bonchev–Trinajstić information content (AvgIpc) is 2.48. The summed E-state index contributed by atoms with van der Waals surface area (Å²) in [6.45, 7) is 7.29. The molecule has 0 atom stereocenters. The van der Waals surface area contributed by atoms with E-state index in [0.29, 0.717) is 5.92 Å². The summed E-state index contributed by atoms with van der Waals surface area (Å²) in [7, 11) is 0. The average molecular weight is 268 g/mol. The van der Waals surface area contributed by atoms with Gasteiger partial charge in [-0.25, -0.2) is 0 Å². The van der Waals surface area contributed by atoms with Crippen molar-refractivity contribution in [3.8, 4) is 0 Å². The van der Waals surface area contributed by atoms with E-state index in [0.717, 1.165) is 19.6 Å². The molecule has 0 bridgehead atoms. The third-order valence-electron chi connectivity index (χ3n) is 3.37. The number of nitrogens with one attached hydrogen (secondary N) is 2. The van der Waals surface area contributed by atoms with Gasteiger partial charge < -0.3 is 10.6 Å². The van der Waals surface area contributed by atoms with Crippen LogP contribution in [0.25, 0.3) is 0 Å². The molecule has 0 aromatic heterocycles. The molecule has 0 unspecified atom stereocenters. The molecule has 0 radical (unpaired) electrons. The summed E-state index contributed by atoms with van der Waals surface area (Å²) in [5.74, 6) is 0.552. The third-order valence-corrected chi connectivity index (χ3v) is 3.37. The Balaban J connectivity index is 1.74. The van der Waals surface area contributed by atoms with Gasteiger partial charge in [-0.1, -0.05) is 62.4 Å². The van der Waals surface area contributed by atoms with E-state index >= 15 is 0 Å². The third kappa shape index (κ3) is 4.39. The van der Waals surface area contributed by atoms with Crippen LogP contribution in [0.4, 0.5) is 5.69 Å². The highest BCUT2D eigenvalue weighted by Crippen LogP contribution is 2.23. The van der Waals surface area contributed by atoms with Crippen LogP contribution in [0.2, 0.25) is 0 Å². The maximum Gasteiger partial charge on any atom is 0.0375 e. The van der Waals surface area contributed by atoms with Gasteiger partial charge in [-0.2, -0.15) is 0 Å². The Kier molecular flexibility index (Phi) is 5.63. The molecule has 106 valence electrons. The van der Waals surface area contributed by atoms with Crippen molar-refractivity contribution in [2.45, 2.75) is 26.3 Å². The van der Waals surface area contributed by atoms with Crippen LogP contribution in [0.5, 0.6) is 0 Å². The minimum Gasteiger partial charge on any atom is -0.384 e. The second-order valence-corrected chi connectivity index (χ2v) is 5.33. The minimum atomic E-state index is 0.552. The Labute approximate surface area is 122 Å². The van der Waals surface area contributed by atoms with Gasteiger partial charge in [0.2, 0.25) is 0 Å². The van der Waals surface area contributed by atoms with Gasteiger partial charge >= 0.3 is 0 Å². The highest BCUT2D eigenvalue weighted by molar-refractivity contribution is 5.52. The molecule has 2 nitrogen and oxygen atoms in total. The van der Waals surface area contributed by atoms with E-state index < -0.39 is 0 Å². The summed E-state index contributed by atoms with van der Waals surface area (Å²) in [6.07, 6.45) is 0. The first-order valence-electron chi connectivity index (χ1n) is 7.35. The summed E-state index contributed by atoms with van der Waals surface area (Å²) in [4.78, 5) is 0. The number of anilines is 1. The molecule has 0 saturated carbocycles. The predicted octanol–water partition coefficient (Wildman–Crippen LogP) is 4.01. The van der Waals surface area contributed by atoms with E-state index in [4.69, 9.17) is 0 Å². The molecular formula is C18H24N2. The second-order valence-electron chi connectivity index (χ2n) is 5.33. The maximum absolute atomic E-state index is 3.52. The maximum atomic E-state index is 3.52. The lowest BCUT2D eigenvalue weighted by Gasteiger charge is -2.14. The molecule has 0 saturated heterocycles. The molecule has 0 fully saturated rings. The number of benzene rings is 2. The van der Waals surface area contributed by atoms with Gasteiger partial charge in [0.15, 0.2) is 0 Å². The van der Waals surface area contributed by atoms with Crippen molar-refractivity contribution in [1.29, 1.82) is 0 Å². The lowest BCUT2D eigenvalue weighted by atomic mass is 10.0. The second kappa shape index (κ2) is 7.71. The summed E-state index contributed by atoms with van der Waals surface area (Å²) in [5, 5.41) is 6.98. The fourth-order valence-electron chi connectivity index (χ4n) is 2.28. The van der Waals surface area contributed by atoms with Crippen molar-refractivity contribution in [3.05, 3.63) is 65.7 Å². The zero-order chi connectivity index (χ0) is 14.2. The smallest absolute Gasteiger partial charge is 0.0375 e. The van der Waals surface area contributed by atoms with E-state index in [1.165, 1.54) is 16.8 Å². The van der Waals surface area contributed by atoms with Gasteiger partial charge in [0.25, 0.3) is 0 Å².